The van der Waals surface area contributed by atoms with Gasteiger partial charge in [-0.2, -0.15) is 0 Å². The standard InChI is InChI=1S/C20H31FN2O2.ClH/c1-15(17-7-8-19(21)20(11-17)24-2)22-12-18-14-23(9-10-25-18)13-16-5-3-4-6-16;/h7-8,11,15-16,18,22H,3-6,9-10,12-14H2,1-2H3;1H. The maximum Gasteiger partial charge on any atom is 0.165 e. The molecular formula is C20H32ClFN2O2. The number of nitrogens with one attached hydrogen (secondary N) is 1. The molecule has 1 saturated carbocycles. The third-order valence-corrected chi connectivity index (χ3v) is 5.54. The maximum absolute atomic E-state index is 13.5. The van der Waals surface area contributed by atoms with Crippen molar-refractivity contribution >= 4 is 12.4 Å². The number of nitrogens with zero attached hydrogens (tertiary/aromatic N) is 1. The third kappa shape index (κ3) is 5.81. The number of halogens is 2. The van der Waals surface area contributed by atoms with Gasteiger partial charge >= 0.3 is 0 Å². The van der Waals surface area contributed by atoms with Gasteiger partial charge in [0.25, 0.3) is 0 Å². The van der Waals surface area contributed by atoms with Crippen molar-refractivity contribution in [2.45, 2.75) is 44.8 Å². The molecule has 1 aliphatic heterocycles. The van der Waals surface area contributed by atoms with Crippen molar-refractivity contribution in [1.82, 2.24) is 10.2 Å². The molecular weight excluding hydrogens is 355 g/mol. The molecule has 2 fully saturated rings. The van der Waals surface area contributed by atoms with E-state index in [2.05, 4.69) is 17.1 Å². The molecule has 0 bridgehead atoms. The highest BCUT2D eigenvalue weighted by Crippen LogP contribution is 2.26. The molecule has 2 atom stereocenters. The summed E-state index contributed by atoms with van der Waals surface area (Å²) in [6.07, 6.45) is 5.81. The highest BCUT2D eigenvalue weighted by atomic mass is 35.5. The highest BCUT2D eigenvalue weighted by Gasteiger charge is 2.24. The zero-order chi connectivity index (χ0) is 17.6. The van der Waals surface area contributed by atoms with E-state index in [0.29, 0.717) is 5.75 Å². The first kappa shape index (κ1) is 21.4. The smallest absolute Gasteiger partial charge is 0.165 e. The zero-order valence-corrected chi connectivity index (χ0v) is 16.7. The van der Waals surface area contributed by atoms with E-state index in [9.17, 15) is 4.39 Å². The molecule has 148 valence electrons. The molecule has 1 aliphatic carbocycles. The lowest BCUT2D eigenvalue weighted by Gasteiger charge is -2.35. The van der Waals surface area contributed by atoms with Crippen LogP contribution in [0.15, 0.2) is 18.2 Å². The largest absolute Gasteiger partial charge is 0.494 e. The molecule has 0 aromatic heterocycles. The third-order valence-electron chi connectivity index (χ3n) is 5.54. The van der Waals surface area contributed by atoms with Crippen molar-refractivity contribution in [3.8, 4) is 5.75 Å². The Balaban J connectivity index is 0.00000243. The normalized spacial score (nSPS) is 22.8. The second kappa shape index (κ2) is 10.5. The second-order valence-corrected chi connectivity index (χ2v) is 7.43. The minimum atomic E-state index is -0.323. The molecule has 1 heterocycles. The van der Waals surface area contributed by atoms with Crippen LogP contribution >= 0.6 is 12.4 Å². The molecule has 1 N–H and O–H groups in total. The quantitative estimate of drug-likeness (QED) is 0.772. The summed E-state index contributed by atoms with van der Waals surface area (Å²) in [6, 6.07) is 5.17. The van der Waals surface area contributed by atoms with Crippen LogP contribution in [0.25, 0.3) is 0 Å². The number of methoxy groups -OCH3 is 1. The first-order valence-corrected chi connectivity index (χ1v) is 9.56. The molecule has 0 radical (unpaired) electrons. The molecule has 0 spiro atoms. The molecule has 2 aliphatic rings. The van der Waals surface area contributed by atoms with E-state index in [1.807, 2.05) is 6.07 Å². The second-order valence-electron chi connectivity index (χ2n) is 7.43. The molecule has 6 heteroatoms. The van der Waals surface area contributed by atoms with Crippen molar-refractivity contribution in [2.24, 2.45) is 5.92 Å². The van der Waals surface area contributed by atoms with Crippen LogP contribution in [0.2, 0.25) is 0 Å². The van der Waals surface area contributed by atoms with E-state index in [4.69, 9.17) is 9.47 Å². The van der Waals surface area contributed by atoms with Gasteiger partial charge in [0.15, 0.2) is 11.6 Å². The Labute approximate surface area is 162 Å². The van der Waals surface area contributed by atoms with Crippen molar-refractivity contribution in [1.29, 1.82) is 0 Å². The number of morpholine rings is 1. The van der Waals surface area contributed by atoms with Crippen LogP contribution in [0.4, 0.5) is 4.39 Å². The molecule has 1 aromatic carbocycles. The summed E-state index contributed by atoms with van der Waals surface area (Å²) in [6.45, 7) is 7.00. The summed E-state index contributed by atoms with van der Waals surface area (Å²) in [4.78, 5) is 2.57. The molecule has 1 aromatic rings. The lowest BCUT2D eigenvalue weighted by atomic mass is 10.1. The first-order chi connectivity index (χ1) is 12.2. The Hall–Kier alpha value is -0.880. The van der Waals surface area contributed by atoms with Gasteiger partial charge in [-0.25, -0.2) is 4.39 Å². The van der Waals surface area contributed by atoms with E-state index in [1.54, 1.807) is 6.07 Å². The van der Waals surface area contributed by atoms with Crippen LogP contribution < -0.4 is 10.1 Å². The summed E-state index contributed by atoms with van der Waals surface area (Å²) < 4.78 is 24.6. The van der Waals surface area contributed by atoms with Gasteiger partial charge in [0.05, 0.1) is 19.8 Å². The van der Waals surface area contributed by atoms with Gasteiger partial charge in [-0.3, -0.25) is 4.90 Å². The number of hydrogen-bond donors (Lipinski definition) is 1. The Morgan fingerprint density at radius 3 is 2.85 bits per heavy atom. The molecule has 4 nitrogen and oxygen atoms in total. The van der Waals surface area contributed by atoms with Crippen LogP contribution in [0, 0.1) is 11.7 Å². The Morgan fingerprint density at radius 2 is 2.12 bits per heavy atom. The average molecular weight is 387 g/mol. The van der Waals surface area contributed by atoms with Gasteiger partial charge in [0.2, 0.25) is 0 Å². The number of rotatable bonds is 7. The van der Waals surface area contributed by atoms with Crippen LogP contribution in [0.5, 0.6) is 5.75 Å². The minimum absolute atomic E-state index is 0. The van der Waals surface area contributed by atoms with E-state index in [0.717, 1.165) is 37.7 Å². The van der Waals surface area contributed by atoms with Crippen molar-refractivity contribution in [2.75, 3.05) is 39.9 Å². The van der Waals surface area contributed by atoms with Crippen molar-refractivity contribution in [3.05, 3.63) is 29.6 Å². The molecule has 0 amide bonds. The fraction of sp³-hybridized carbons (Fsp3) is 0.700. The average Bonchev–Trinajstić information content (AvgIpc) is 3.13. The lowest BCUT2D eigenvalue weighted by molar-refractivity contribution is -0.0322. The van der Waals surface area contributed by atoms with E-state index in [-0.39, 0.29) is 30.4 Å². The Kier molecular flexibility index (Phi) is 8.61. The van der Waals surface area contributed by atoms with E-state index >= 15 is 0 Å². The first-order valence-electron chi connectivity index (χ1n) is 9.56. The lowest BCUT2D eigenvalue weighted by Crippen LogP contribution is -2.48. The van der Waals surface area contributed by atoms with Gasteiger partial charge in [0.1, 0.15) is 0 Å². The maximum atomic E-state index is 13.5. The minimum Gasteiger partial charge on any atom is -0.494 e. The van der Waals surface area contributed by atoms with Crippen molar-refractivity contribution < 1.29 is 13.9 Å². The Bertz CT molecular complexity index is 555. The zero-order valence-electron chi connectivity index (χ0n) is 15.9. The summed E-state index contributed by atoms with van der Waals surface area (Å²) >= 11 is 0. The van der Waals surface area contributed by atoms with Gasteiger partial charge in [0, 0.05) is 32.2 Å². The molecule has 1 saturated heterocycles. The van der Waals surface area contributed by atoms with Crippen molar-refractivity contribution in [3.63, 3.8) is 0 Å². The summed E-state index contributed by atoms with van der Waals surface area (Å²) in [5.41, 5.74) is 1.02. The monoisotopic (exact) mass is 386 g/mol. The molecule has 26 heavy (non-hydrogen) atoms. The van der Waals surface area contributed by atoms with Gasteiger partial charge in [-0.1, -0.05) is 18.9 Å². The molecule has 2 unspecified atom stereocenters. The van der Waals surface area contributed by atoms with Crippen LogP contribution in [-0.2, 0) is 4.74 Å². The Morgan fingerprint density at radius 1 is 1.35 bits per heavy atom. The number of hydrogen-bond acceptors (Lipinski definition) is 4. The molecule has 3 rings (SSSR count). The SMILES string of the molecule is COc1cc(C(C)NCC2CN(CC3CCCC3)CCO2)ccc1F.Cl. The fourth-order valence-corrected chi connectivity index (χ4v) is 4.00. The summed E-state index contributed by atoms with van der Waals surface area (Å²) in [7, 11) is 1.50. The van der Waals surface area contributed by atoms with Crippen LogP contribution in [0.1, 0.15) is 44.2 Å². The van der Waals surface area contributed by atoms with Gasteiger partial charge < -0.3 is 14.8 Å². The predicted molar refractivity (Wildman–Crippen MR) is 105 cm³/mol. The summed E-state index contributed by atoms with van der Waals surface area (Å²) in [5.74, 6) is 0.858. The fourth-order valence-electron chi connectivity index (χ4n) is 4.00. The van der Waals surface area contributed by atoms with Crippen LogP contribution in [-0.4, -0.2) is 50.9 Å². The highest BCUT2D eigenvalue weighted by molar-refractivity contribution is 5.85. The topological polar surface area (TPSA) is 33.7 Å². The number of benzene rings is 1. The van der Waals surface area contributed by atoms with E-state index < -0.39 is 0 Å². The summed E-state index contributed by atoms with van der Waals surface area (Å²) in [5, 5.41) is 3.52. The van der Waals surface area contributed by atoms with Gasteiger partial charge in [-0.05, 0) is 43.4 Å². The van der Waals surface area contributed by atoms with E-state index in [1.165, 1.54) is 45.4 Å². The van der Waals surface area contributed by atoms with Gasteiger partial charge in [-0.15, -0.1) is 12.4 Å². The van der Waals surface area contributed by atoms with Crippen LogP contribution in [0.3, 0.4) is 0 Å². The number of ether oxygens (including phenoxy) is 2. The predicted octanol–water partition coefficient (Wildman–Crippen LogP) is 3.80.